The zero-order valence-electron chi connectivity index (χ0n) is 18.3. The van der Waals surface area contributed by atoms with Crippen LogP contribution in [-0.2, 0) is 12.1 Å². The largest absolute Gasteiger partial charge is 0.497 e. The number of ether oxygens (including phenoxy) is 3. The fraction of sp³-hybridized carbons (Fsp3) is 0.520. The van der Waals surface area contributed by atoms with Crippen molar-refractivity contribution in [3.63, 3.8) is 0 Å². The number of aliphatic hydroxyl groups is 1. The van der Waals surface area contributed by atoms with Crippen LogP contribution in [0.2, 0.25) is 0 Å². The van der Waals surface area contributed by atoms with Gasteiger partial charge in [-0.3, -0.25) is 4.90 Å². The molecule has 4 rings (SSSR count). The van der Waals surface area contributed by atoms with Gasteiger partial charge in [-0.05, 0) is 55.9 Å². The third-order valence-corrected chi connectivity index (χ3v) is 6.63. The van der Waals surface area contributed by atoms with Gasteiger partial charge in [-0.15, -0.1) is 0 Å². The molecular formula is C25H33NO4. The van der Waals surface area contributed by atoms with Gasteiger partial charge in [0.05, 0.1) is 26.4 Å². The normalized spacial score (nSPS) is 25.9. The van der Waals surface area contributed by atoms with Gasteiger partial charge in [-0.25, -0.2) is 0 Å². The van der Waals surface area contributed by atoms with Crippen LogP contribution in [0.15, 0.2) is 42.5 Å². The summed E-state index contributed by atoms with van der Waals surface area (Å²) in [5.41, 5.74) is 1.38. The first-order chi connectivity index (χ1) is 14.6. The Morgan fingerprint density at radius 1 is 1.00 bits per heavy atom. The Hall–Kier alpha value is -2.24. The van der Waals surface area contributed by atoms with Crippen molar-refractivity contribution in [3.8, 4) is 17.2 Å². The first-order valence-electron chi connectivity index (χ1n) is 11.0. The van der Waals surface area contributed by atoms with Crippen molar-refractivity contribution in [1.29, 1.82) is 0 Å². The number of fused-ring (bicyclic) bond motifs is 2. The average Bonchev–Trinajstić information content (AvgIpc) is 3.01. The lowest BCUT2D eigenvalue weighted by Gasteiger charge is -2.44. The Labute approximate surface area is 179 Å². The third-order valence-electron chi connectivity index (χ3n) is 6.63. The molecule has 5 nitrogen and oxygen atoms in total. The number of piperidine rings is 1. The molecule has 162 valence electrons. The second-order valence-corrected chi connectivity index (χ2v) is 8.52. The molecule has 0 aromatic heterocycles. The maximum atomic E-state index is 11.5. The zero-order chi connectivity index (χ0) is 21.1. The first kappa shape index (κ1) is 21.0. The maximum absolute atomic E-state index is 11.5. The highest BCUT2D eigenvalue weighted by Gasteiger charge is 2.48. The predicted molar refractivity (Wildman–Crippen MR) is 117 cm³/mol. The molecule has 2 saturated heterocycles. The van der Waals surface area contributed by atoms with Gasteiger partial charge in [0, 0.05) is 24.2 Å². The average molecular weight is 412 g/mol. The van der Waals surface area contributed by atoms with Crippen molar-refractivity contribution in [2.24, 2.45) is 0 Å². The van der Waals surface area contributed by atoms with Gasteiger partial charge in [-0.2, -0.15) is 0 Å². The molecule has 0 radical (unpaired) electrons. The standard InChI is InChI=1S/C25H33NO4/c1-4-14-30-24-18(6-5-7-23(24)29-3)17-26-20-10-11-21(26)16-25(27,15-20)19-8-12-22(28-2)13-9-19/h5-9,12-13,20-21,27H,4,10-11,14-17H2,1-3H3/t20-,21+,25?. The van der Waals surface area contributed by atoms with Gasteiger partial charge < -0.3 is 19.3 Å². The highest BCUT2D eigenvalue weighted by Crippen LogP contribution is 2.47. The summed E-state index contributed by atoms with van der Waals surface area (Å²) in [5, 5.41) is 11.5. The number of hydrogen-bond acceptors (Lipinski definition) is 5. The van der Waals surface area contributed by atoms with E-state index in [4.69, 9.17) is 14.2 Å². The minimum absolute atomic E-state index is 0.362. The molecule has 1 N–H and O–H groups in total. The Morgan fingerprint density at radius 2 is 1.70 bits per heavy atom. The van der Waals surface area contributed by atoms with E-state index < -0.39 is 5.60 Å². The van der Waals surface area contributed by atoms with Crippen LogP contribution in [-0.4, -0.2) is 42.9 Å². The summed E-state index contributed by atoms with van der Waals surface area (Å²) in [6.07, 6.45) is 4.72. The topological polar surface area (TPSA) is 51.2 Å². The number of para-hydroxylation sites is 1. The minimum Gasteiger partial charge on any atom is -0.497 e. The van der Waals surface area contributed by atoms with E-state index in [1.165, 1.54) is 0 Å². The maximum Gasteiger partial charge on any atom is 0.165 e. The molecule has 0 amide bonds. The third kappa shape index (κ3) is 4.01. The summed E-state index contributed by atoms with van der Waals surface area (Å²) in [5.74, 6) is 2.47. The summed E-state index contributed by atoms with van der Waals surface area (Å²) in [7, 11) is 3.36. The zero-order valence-corrected chi connectivity index (χ0v) is 18.3. The predicted octanol–water partition coefficient (Wildman–Crippen LogP) is 4.51. The van der Waals surface area contributed by atoms with Crippen molar-refractivity contribution < 1.29 is 19.3 Å². The summed E-state index contributed by atoms with van der Waals surface area (Å²) in [6.45, 7) is 3.61. The summed E-state index contributed by atoms with van der Waals surface area (Å²) in [4.78, 5) is 2.56. The van der Waals surface area contributed by atoms with E-state index in [-0.39, 0.29) is 0 Å². The molecule has 0 saturated carbocycles. The molecule has 2 aliphatic rings. The van der Waals surface area contributed by atoms with Crippen LogP contribution in [0.1, 0.15) is 50.2 Å². The monoisotopic (exact) mass is 411 g/mol. The number of nitrogens with zero attached hydrogens (tertiary/aromatic N) is 1. The number of methoxy groups -OCH3 is 2. The van der Waals surface area contributed by atoms with E-state index in [9.17, 15) is 5.11 Å². The molecule has 0 spiro atoms. The number of rotatable bonds is 8. The van der Waals surface area contributed by atoms with Crippen molar-refractivity contribution in [3.05, 3.63) is 53.6 Å². The molecule has 2 aromatic carbocycles. The van der Waals surface area contributed by atoms with Crippen molar-refractivity contribution in [2.75, 3.05) is 20.8 Å². The molecule has 0 aliphatic carbocycles. The van der Waals surface area contributed by atoms with Crippen molar-refractivity contribution in [1.82, 2.24) is 4.90 Å². The highest BCUT2D eigenvalue weighted by atomic mass is 16.5. The van der Waals surface area contributed by atoms with E-state index in [0.717, 1.165) is 67.0 Å². The van der Waals surface area contributed by atoms with Gasteiger partial charge >= 0.3 is 0 Å². The van der Waals surface area contributed by atoms with Crippen LogP contribution in [0.3, 0.4) is 0 Å². The van der Waals surface area contributed by atoms with E-state index in [1.54, 1.807) is 14.2 Å². The van der Waals surface area contributed by atoms with Gasteiger partial charge in [0.15, 0.2) is 11.5 Å². The Kier molecular flexibility index (Phi) is 6.21. The highest BCUT2D eigenvalue weighted by molar-refractivity contribution is 5.47. The number of hydrogen-bond donors (Lipinski definition) is 1. The molecule has 2 bridgehead atoms. The molecule has 2 heterocycles. The van der Waals surface area contributed by atoms with E-state index in [2.05, 4.69) is 17.9 Å². The van der Waals surface area contributed by atoms with Gasteiger partial charge in [0.1, 0.15) is 5.75 Å². The molecular weight excluding hydrogens is 378 g/mol. The number of benzene rings is 2. The smallest absolute Gasteiger partial charge is 0.165 e. The second-order valence-electron chi connectivity index (χ2n) is 8.52. The first-order valence-corrected chi connectivity index (χ1v) is 11.0. The lowest BCUT2D eigenvalue weighted by molar-refractivity contribution is -0.0596. The van der Waals surface area contributed by atoms with Crippen LogP contribution in [0.5, 0.6) is 17.2 Å². The van der Waals surface area contributed by atoms with Gasteiger partial charge in [-0.1, -0.05) is 31.2 Å². The van der Waals surface area contributed by atoms with Crippen LogP contribution < -0.4 is 14.2 Å². The molecule has 30 heavy (non-hydrogen) atoms. The second kappa shape index (κ2) is 8.86. The molecule has 2 aliphatic heterocycles. The molecule has 2 fully saturated rings. The summed E-state index contributed by atoms with van der Waals surface area (Å²) < 4.78 is 16.9. The van der Waals surface area contributed by atoms with Gasteiger partial charge in [0.25, 0.3) is 0 Å². The SMILES string of the molecule is CCCOc1c(CN2[C@@H]3CC[C@H]2CC(O)(c2ccc(OC)cc2)C3)cccc1OC. The van der Waals surface area contributed by atoms with Crippen LogP contribution in [0.25, 0.3) is 0 Å². The van der Waals surface area contributed by atoms with E-state index in [0.29, 0.717) is 18.7 Å². The Balaban J connectivity index is 1.53. The van der Waals surface area contributed by atoms with E-state index in [1.807, 2.05) is 36.4 Å². The molecule has 2 aromatic rings. The molecule has 3 atom stereocenters. The fourth-order valence-electron chi connectivity index (χ4n) is 5.12. The van der Waals surface area contributed by atoms with Crippen LogP contribution >= 0.6 is 0 Å². The summed E-state index contributed by atoms with van der Waals surface area (Å²) in [6, 6.07) is 14.7. The van der Waals surface area contributed by atoms with Gasteiger partial charge in [0.2, 0.25) is 0 Å². The quantitative estimate of drug-likeness (QED) is 0.693. The Bertz CT molecular complexity index is 837. The fourth-order valence-corrected chi connectivity index (χ4v) is 5.12. The molecule has 1 unspecified atom stereocenters. The Morgan fingerprint density at radius 3 is 2.30 bits per heavy atom. The minimum atomic E-state index is -0.773. The lowest BCUT2D eigenvalue weighted by Crippen LogP contribution is -2.49. The van der Waals surface area contributed by atoms with Crippen molar-refractivity contribution in [2.45, 2.75) is 63.3 Å². The van der Waals surface area contributed by atoms with Crippen LogP contribution in [0, 0.1) is 0 Å². The molecule has 5 heteroatoms. The van der Waals surface area contributed by atoms with E-state index >= 15 is 0 Å². The van der Waals surface area contributed by atoms with Crippen LogP contribution in [0.4, 0.5) is 0 Å². The van der Waals surface area contributed by atoms with Crippen molar-refractivity contribution >= 4 is 0 Å². The lowest BCUT2D eigenvalue weighted by atomic mass is 9.80. The summed E-state index contributed by atoms with van der Waals surface area (Å²) >= 11 is 0.